The standard InChI is InChI=1S/C15H18F3NO2/c16-15(17,18)12-9-11(10-13(20)14(12)21)5-4-8-19-6-2-1-3-7-19/h4-5,9-10,20-21H,1-3,6-8H2/b5-4+. The van der Waals surface area contributed by atoms with Gasteiger partial charge in [0.1, 0.15) is 5.56 Å². The molecule has 1 aromatic carbocycles. The van der Waals surface area contributed by atoms with Gasteiger partial charge in [0.25, 0.3) is 0 Å². The quantitative estimate of drug-likeness (QED) is 0.838. The first-order valence-electron chi connectivity index (χ1n) is 6.90. The molecular formula is C15H18F3NO2. The molecule has 6 heteroatoms. The number of aromatic hydroxyl groups is 2. The van der Waals surface area contributed by atoms with Gasteiger partial charge < -0.3 is 10.2 Å². The predicted octanol–water partition coefficient (Wildman–Crippen LogP) is 3.62. The number of halogens is 3. The second-order valence-electron chi connectivity index (χ2n) is 5.20. The highest BCUT2D eigenvalue weighted by atomic mass is 19.4. The fourth-order valence-corrected chi connectivity index (χ4v) is 2.43. The van der Waals surface area contributed by atoms with E-state index in [0.29, 0.717) is 6.54 Å². The second-order valence-corrected chi connectivity index (χ2v) is 5.20. The van der Waals surface area contributed by atoms with Gasteiger partial charge >= 0.3 is 6.18 Å². The fourth-order valence-electron chi connectivity index (χ4n) is 2.43. The maximum atomic E-state index is 12.7. The number of likely N-dealkylation sites (tertiary alicyclic amines) is 1. The molecule has 1 fully saturated rings. The van der Waals surface area contributed by atoms with Crippen LogP contribution < -0.4 is 0 Å². The van der Waals surface area contributed by atoms with Gasteiger partial charge in [-0.2, -0.15) is 13.2 Å². The minimum absolute atomic E-state index is 0.217. The lowest BCUT2D eigenvalue weighted by Gasteiger charge is -2.24. The maximum Gasteiger partial charge on any atom is 0.420 e. The minimum Gasteiger partial charge on any atom is -0.504 e. The van der Waals surface area contributed by atoms with E-state index in [1.807, 2.05) is 0 Å². The first kappa shape index (κ1) is 15.7. The van der Waals surface area contributed by atoms with E-state index in [9.17, 15) is 23.4 Å². The normalized spacial score (nSPS) is 17.5. The first-order chi connectivity index (χ1) is 9.88. The number of phenols is 2. The van der Waals surface area contributed by atoms with Crippen molar-refractivity contribution in [3.63, 3.8) is 0 Å². The van der Waals surface area contributed by atoms with Gasteiger partial charge in [0, 0.05) is 6.54 Å². The number of piperidine rings is 1. The summed E-state index contributed by atoms with van der Waals surface area (Å²) in [5.74, 6) is -1.89. The third kappa shape index (κ3) is 4.14. The number of benzene rings is 1. The van der Waals surface area contributed by atoms with Gasteiger partial charge in [-0.25, -0.2) is 0 Å². The van der Waals surface area contributed by atoms with Gasteiger partial charge in [0.2, 0.25) is 0 Å². The Morgan fingerprint density at radius 3 is 2.38 bits per heavy atom. The van der Waals surface area contributed by atoms with Crippen molar-refractivity contribution in [1.29, 1.82) is 0 Å². The van der Waals surface area contributed by atoms with Crippen molar-refractivity contribution < 1.29 is 23.4 Å². The summed E-state index contributed by atoms with van der Waals surface area (Å²) < 4.78 is 38.2. The molecule has 0 aromatic heterocycles. The smallest absolute Gasteiger partial charge is 0.420 e. The molecule has 1 aliphatic rings. The number of nitrogens with zero attached hydrogens (tertiary/aromatic N) is 1. The number of alkyl halides is 3. The molecule has 0 amide bonds. The molecule has 0 bridgehead atoms. The second kappa shape index (κ2) is 6.39. The predicted molar refractivity (Wildman–Crippen MR) is 74.1 cm³/mol. The Labute approximate surface area is 121 Å². The van der Waals surface area contributed by atoms with Gasteiger partial charge in [0.15, 0.2) is 11.5 Å². The first-order valence-corrected chi connectivity index (χ1v) is 6.90. The Bertz CT molecular complexity index is 520. The van der Waals surface area contributed by atoms with Crippen molar-refractivity contribution in [3.05, 3.63) is 29.3 Å². The van der Waals surface area contributed by atoms with Crippen LogP contribution in [-0.4, -0.2) is 34.7 Å². The highest BCUT2D eigenvalue weighted by Crippen LogP contribution is 2.41. The molecule has 0 radical (unpaired) electrons. The Kier molecular flexibility index (Phi) is 4.77. The summed E-state index contributed by atoms with van der Waals surface area (Å²) in [4.78, 5) is 2.23. The van der Waals surface area contributed by atoms with E-state index < -0.39 is 23.2 Å². The summed E-state index contributed by atoms with van der Waals surface area (Å²) in [5, 5.41) is 18.7. The Morgan fingerprint density at radius 1 is 1.10 bits per heavy atom. The molecule has 0 saturated carbocycles. The lowest BCUT2D eigenvalue weighted by atomic mass is 10.1. The highest BCUT2D eigenvalue weighted by molar-refractivity contribution is 5.59. The van der Waals surface area contributed by atoms with Crippen molar-refractivity contribution in [3.8, 4) is 11.5 Å². The van der Waals surface area contributed by atoms with Crippen LogP contribution in [0.5, 0.6) is 11.5 Å². The monoisotopic (exact) mass is 301 g/mol. The van der Waals surface area contributed by atoms with E-state index >= 15 is 0 Å². The van der Waals surface area contributed by atoms with Gasteiger partial charge in [-0.15, -0.1) is 0 Å². The summed E-state index contributed by atoms with van der Waals surface area (Å²) in [7, 11) is 0. The number of phenolic OH excluding ortho intramolecular Hbond substituents is 2. The minimum atomic E-state index is -4.70. The molecule has 0 unspecified atom stereocenters. The maximum absolute atomic E-state index is 12.7. The van der Waals surface area contributed by atoms with E-state index in [4.69, 9.17) is 0 Å². The van der Waals surface area contributed by atoms with Crippen LogP contribution in [0, 0.1) is 0 Å². The van der Waals surface area contributed by atoms with Crippen molar-refractivity contribution in [2.75, 3.05) is 19.6 Å². The van der Waals surface area contributed by atoms with Gasteiger partial charge in [-0.3, -0.25) is 4.90 Å². The van der Waals surface area contributed by atoms with Crippen molar-refractivity contribution in [1.82, 2.24) is 4.90 Å². The lowest BCUT2D eigenvalue weighted by molar-refractivity contribution is -0.138. The zero-order valence-corrected chi connectivity index (χ0v) is 11.5. The van der Waals surface area contributed by atoms with E-state index in [2.05, 4.69) is 4.90 Å². The number of hydrogen-bond donors (Lipinski definition) is 2. The van der Waals surface area contributed by atoms with Gasteiger partial charge in [-0.1, -0.05) is 18.6 Å². The Balaban J connectivity index is 2.11. The Morgan fingerprint density at radius 2 is 1.76 bits per heavy atom. The molecule has 2 rings (SSSR count). The van der Waals surface area contributed by atoms with E-state index in [1.54, 1.807) is 6.08 Å². The van der Waals surface area contributed by atoms with Crippen LogP contribution in [0.2, 0.25) is 0 Å². The summed E-state index contributed by atoms with van der Waals surface area (Å²) in [6.45, 7) is 2.67. The van der Waals surface area contributed by atoms with Crippen LogP contribution in [0.25, 0.3) is 6.08 Å². The zero-order valence-electron chi connectivity index (χ0n) is 11.5. The van der Waals surface area contributed by atoms with Crippen LogP contribution >= 0.6 is 0 Å². The van der Waals surface area contributed by atoms with Crippen LogP contribution in [0.4, 0.5) is 13.2 Å². The molecule has 2 N–H and O–H groups in total. The average molecular weight is 301 g/mol. The summed E-state index contributed by atoms with van der Waals surface area (Å²) >= 11 is 0. The van der Waals surface area contributed by atoms with Crippen LogP contribution in [0.15, 0.2) is 18.2 Å². The van der Waals surface area contributed by atoms with Crippen LogP contribution in [0.1, 0.15) is 30.4 Å². The van der Waals surface area contributed by atoms with Crippen LogP contribution in [0.3, 0.4) is 0 Å². The number of rotatable bonds is 3. The van der Waals surface area contributed by atoms with E-state index in [1.165, 1.54) is 12.5 Å². The molecule has 0 atom stereocenters. The lowest BCUT2D eigenvalue weighted by Crippen LogP contribution is -2.29. The molecule has 1 heterocycles. The summed E-state index contributed by atoms with van der Waals surface area (Å²) in [6.07, 6.45) is 2.12. The molecule has 1 saturated heterocycles. The Hall–Kier alpha value is -1.69. The largest absolute Gasteiger partial charge is 0.504 e. The molecule has 116 valence electrons. The van der Waals surface area contributed by atoms with E-state index in [0.717, 1.165) is 38.1 Å². The molecule has 0 spiro atoms. The third-order valence-electron chi connectivity index (χ3n) is 3.54. The van der Waals surface area contributed by atoms with Crippen LogP contribution in [-0.2, 0) is 6.18 Å². The molecule has 3 nitrogen and oxygen atoms in total. The molecule has 1 aliphatic heterocycles. The molecular weight excluding hydrogens is 283 g/mol. The van der Waals surface area contributed by atoms with Gasteiger partial charge in [0.05, 0.1) is 0 Å². The van der Waals surface area contributed by atoms with Crippen molar-refractivity contribution >= 4 is 6.08 Å². The summed E-state index contributed by atoms with van der Waals surface area (Å²) in [6, 6.07) is 1.96. The fraction of sp³-hybridized carbons (Fsp3) is 0.467. The highest BCUT2D eigenvalue weighted by Gasteiger charge is 2.35. The molecule has 21 heavy (non-hydrogen) atoms. The summed E-state index contributed by atoms with van der Waals surface area (Å²) in [5.41, 5.74) is -1.00. The van der Waals surface area contributed by atoms with E-state index in [-0.39, 0.29) is 5.56 Å². The average Bonchev–Trinajstić information content (AvgIpc) is 2.42. The SMILES string of the molecule is Oc1cc(/C=C/CN2CCCCC2)cc(C(F)(F)F)c1O. The third-order valence-corrected chi connectivity index (χ3v) is 3.54. The molecule has 1 aromatic rings. The van der Waals surface area contributed by atoms with Crippen molar-refractivity contribution in [2.45, 2.75) is 25.4 Å². The number of hydrogen-bond acceptors (Lipinski definition) is 3. The zero-order chi connectivity index (χ0) is 15.5. The van der Waals surface area contributed by atoms with Gasteiger partial charge in [-0.05, 0) is 43.6 Å². The topological polar surface area (TPSA) is 43.7 Å². The molecule has 0 aliphatic carbocycles. The van der Waals surface area contributed by atoms with Crippen molar-refractivity contribution in [2.24, 2.45) is 0 Å².